The van der Waals surface area contributed by atoms with E-state index in [0.29, 0.717) is 19.7 Å². The van der Waals surface area contributed by atoms with Crippen LogP contribution in [0.1, 0.15) is 23.6 Å². The second kappa shape index (κ2) is 7.67. The van der Waals surface area contributed by atoms with Crippen LogP contribution in [0.25, 0.3) is 6.08 Å². The maximum atomic E-state index is 12.7. The summed E-state index contributed by atoms with van der Waals surface area (Å²) in [7, 11) is 0. The first-order valence-electron chi connectivity index (χ1n) is 8.42. The van der Waals surface area contributed by atoms with Crippen LogP contribution < -0.4 is 4.74 Å². The number of fused-ring (bicyclic) bond motifs is 1. The molecule has 0 aromatic heterocycles. The monoisotopic (exact) mass is 332 g/mol. The molecule has 0 spiro atoms. The molecule has 0 aliphatic carbocycles. The van der Waals surface area contributed by atoms with Gasteiger partial charge >= 0.3 is 0 Å². The van der Waals surface area contributed by atoms with E-state index in [0.717, 1.165) is 23.3 Å². The normalized spacial score (nSPS) is 13.8. The van der Waals surface area contributed by atoms with Crippen molar-refractivity contribution in [2.75, 3.05) is 13.2 Å². The minimum atomic E-state index is -0.217. The lowest BCUT2D eigenvalue weighted by Crippen LogP contribution is -2.36. The van der Waals surface area contributed by atoms with E-state index in [2.05, 4.69) is 12.1 Å². The Morgan fingerprint density at radius 3 is 2.60 bits per heavy atom. The van der Waals surface area contributed by atoms with Gasteiger partial charge in [0.25, 0.3) is 5.91 Å². The highest BCUT2D eigenvalue weighted by atomic mass is 16.5. The molecule has 4 nitrogen and oxygen atoms in total. The predicted molar refractivity (Wildman–Crippen MR) is 96.8 cm³/mol. The quantitative estimate of drug-likeness (QED) is 0.635. The Bertz CT molecular complexity index is 832. The average molecular weight is 332 g/mol. The first kappa shape index (κ1) is 16.8. The molecule has 1 amide bonds. The molecule has 2 aromatic carbocycles. The zero-order valence-electron chi connectivity index (χ0n) is 14.2. The van der Waals surface area contributed by atoms with E-state index in [4.69, 9.17) is 4.74 Å². The molecule has 4 heteroatoms. The van der Waals surface area contributed by atoms with Crippen LogP contribution in [0.2, 0.25) is 0 Å². The van der Waals surface area contributed by atoms with Crippen LogP contribution in [0.3, 0.4) is 0 Å². The molecule has 1 aliphatic rings. The van der Waals surface area contributed by atoms with Gasteiger partial charge in [-0.1, -0.05) is 36.4 Å². The van der Waals surface area contributed by atoms with E-state index in [1.54, 1.807) is 11.0 Å². The van der Waals surface area contributed by atoms with Crippen LogP contribution in [0, 0.1) is 11.3 Å². The van der Waals surface area contributed by atoms with Crippen LogP contribution in [0.4, 0.5) is 0 Å². The van der Waals surface area contributed by atoms with Gasteiger partial charge < -0.3 is 9.64 Å². The lowest BCUT2D eigenvalue weighted by molar-refractivity contribution is -0.127. The summed E-state index contributed by atoms with van der Waals surface area (Å²) in [5, 5.41) is 9.43. The Morgan fingerprint density at radius 2 is 1.92 bits per heavy atom. The number of hydrogen-bond acceptors (Lipinski definition) is 3. The summed E-state index contributed by atoms with van der Waals surface area (Å²) >= 11 is 0. The minimum absolute atomic E-state index is 0.156. The third-order valence-electron chi connectivity index (χ3n) is 4.27. The van der Waals surface area contributed by atoms with Crippen molar-refractivity contribution in [1.82, 2.24) is 4.90 Å². The Kier molecular flexibility index (Phi) is 5.15. The standard InChI is InChI=1S/C21H20N2O2/c1-2-25-20-9-7-16(8-10-20)13-19(14-22)21(24)23-12-11-17-5-3-4-6-18(17)15-23/h3-10,13H,2,11-12,15H2,1H3/b19-13+. The molecule has 0 atom stereocenters. The number of nitriles is 1. The van der Waals surface area contributed by atoms with E-state index in [1.165, 1.54) is 5.56 Å². The fourth-order valence-electron chi connectivity index (χ4n) is 2.97. The van der Waals surface area contributed by atoms with Crippen molar-refractivity contribution in [3.63, 3.8) is 0 Å². The van der Waals surface area contributed by atoms with Crippen molar-refractivity contribution >= 4 is 12.0 Å². The molecule has 1 aliphatic heterocycles. The predicted octanol–water partition coefficient (Wildman–Crippen LogP) is 3.58. The summed E-state index contributed by atoms with van der Waals surface area (Å²) in [5.41, 5.74) is 3.40. The molecule has 3 rings (SSSR count). The molecular weight excluding hydrogens is 312 g/mol. The highest BCUT2D eigenvalue weighted by molar-refractivity contribution is 6.01. The Hall–Kier alpha value is -3.06. The van der Waals surface area contributed by atoms with E-state index in [-0.39, 0.29) is 11.5 Å². The number of carbonyl (C=O) groups is 1. The van der Waals surface area contributed by atoms with Gasteiger partial charge in [0.15, 0.2) is 0 Å². The second-order valence-corrected chi connectivity index (χ2v) is 5.92. The molecule has 0 saturated heterocycles. The van der Waals surface area contributed by atoms with Crippen LogP contribution in [0.15, 0.2) is 54.1 Å². The first-order chi connectivity index (χ1) is 12.2. The molecule has 0 radical (unpaired) electrons. The molecule has 126 valence electrons. The largest absolute Gasteiger partial charge is 0.494 e. The molecule has 2 aromatic rings. The number of amides is 1. The van der Waals surface area contributed by atoms with Gasteiger partial charge in [-0.2, -0.15) is 5.26 Å². The smallest absolute Gasteiger partial charge is 0.264 e. The molecule has 0 N–H and O–H groups in total. The summed E-state index contributed by atoms with van der Waals surface area (Å²) in [6.45, 7) is 3.72. The van der Waals surface area contributed by atoms with Crippen molar-refractivity contribution in [3.8, 4) is 11.8 Å². The minimum Gasteiger partial charge on any atom is -0.494 e. The van der Waals surface area contributed by atoms with Crippen molar-refractivity contribution in [3.05, 3.63) is 70.8 Å². The second-order valence-electron chi connectivity index (χ2n) is 5.92. The van der Waals surface area contributed by atoms with Gasteiger partial charge in [-0.3, -0.25) is 4.79 Å². The highest BCUT2D eigenvalue weighted by Gasteiger charge is 2.23. The maximum absolute atomic E-state index is 12.7. The summed E-state index contributed by atoms with van der Waals surface area (Å²) in [5.74, 6) is 0.558. The summed E-state index contributed by atoms with van der Waals surface area (Å²) in [6.07, 6.45) is 2.46. The van der Waals surface area contributed by atoms with Gasteiger partial charge in [0.05, 0.1) is 6.61 Å². The fraction of sp³-hybridized carbons (Fsp3) is 0.238. The van der Waals surface area contributed by atoms with Gasteiger partial charge in [0.2, 0.25) is 0 Å². The third kappa shape index (κ3) is 3.89. The summed E-state index contributed by atoms with van der Waals surface area (Å²) in [6, 6.07) is 17.6. The summed E-state index contributed by atoms with van der Waals surface area (Å²) < 4.78 is 5.41. The van der Waals surface area contributed by atoms with Crippen molar-refractivity contribution in [2.24, 2.45) is 0 Å². The Labute approximate surface area is 148 Å². The van der Waals surface area contributed by atoms with Crippen LogP contribution in [-0.2, 0) is 17.8 Å². The van der Waals surface area contributed by atoms with Crippen molar-refractivity contribution < 1.29 is 9.53 Å². The third-order valence-corrected chi connectivity index (χ3v) is 4.27. The molecule has 0 fully saturated rings. The van der Waals surface area contributed by atoms with Crippen LogP contribution in [0.5, 0.6) is 5.75 Å². The lowest BCUT2D eigenvalue weighted by Gasteiger charge is -2.28. The van der Waals surface area contributed by atoms with E-state index in [9.17, 15) is 10.1 Å². The summed E-state index contributed by atoms with van der Waals surface area (Å²) in [4.78, 5) is 14.5. The molecular formula is C21H20N2O2. The number of hydrogen-bond donors (Lipinski definition) is 0. The molecule has 25 heavy (non-hydrogen) atoms. The number of rotatable bonds is 4. The molecule has 0 unspecified atom stereocenters. The van der Waals surface area contributed by atoms with Crippen LogP contribution in [-0.4, -0.2) is 24.0 Å². The maximum Gasteiger partial charge on any atom is 0.264 e. The van der Waals surface area contributed by atoms with Gasteiger partial charge in [-0.25, -0.2) is 0 Å². The number of ether oxygens (including phenoxy) is 1. The Balaban J connectivity index is 1.76. The Morgan fingerprint density at radius 1 is 1.20 bits per heavy atom. The zero-order valence-corrected chi connectivity index (χ0v) is 14.2. The van der Waals surface area contributed by atoms with E-state index < -0.39 is 0 Å². The fourth-order valence-corrected chi connectivity index (χ4v) is 2.97. The topological polar surface area (TPSA) is 53.3 Å². The van der Waals surface area contributed by atoms with Crippen LogP contribution >= 0.6 is 0 Å². The van der Waals surface area contributed by atoms with Crippen molar-refractivity contribution in [1.29, 1.82) is 5.26 Å². The van der Waals surface area contributed by atoms with Crippen molar-refractivity contribution in [2.45, 2.75) is 19.9 Å². The molecule has 1 heterocycles. The zero-order chi connectivity index (χ0) is 17.6. The van der Waals surface area contributed by atoms with E-state index >= 15 is 0 Å². The SMILES string of the molecule is CCOc1ccc(/C=C(\C#N)C(=O)N2CCc3ccccc3C2)cc1. The molecule has 0 bridgehead atoms. The molecule has 0 saturated carbocycles. The van der Waals surface area contributed by atoms with Gasteiger partial charge in [0, 0.05) is 13.1 Å². The van der Waals surface area contributed by atoms with Gasteiger partial charge in [0.1, 0.15) is 17.4 Å². The lowest BCUT2D eigenvalue weighted by atomic mass is 9.99. The number of nitrogens with zero attached hydrogens (tertiary/aromatic N) is 2. The van der Waals surface area contributed by atoms with Gasteiger partial charge in [-0.05, 0) is 48.2 Å². The first-order valence-corrected chi connectivity index (χ1v) is 8.42. The average Bonchev–Trinajstić information content (AvgIpc) is 2.66. The van der Waals surface area contributed by atoms with E-state index in [1.807, 2.05) is 49.4 Å². The number of benzene rings is 2. The van der Waals surface area contributed by atoms with Gasteiger partial charge in [-0.15, -0.1) is 0 Å². The highest BCUT2D eigenvalue weighted by Crippen LogP contribution is 2.21. The number of carbonyl (C=O) groups excluding carboxylic acids is 1.